The first-order valence-corrected chi connectivity index (χ1v) is 8.89. The molecular formula is C16H25N3OS. The molecular weight excluding hydrogens is 282 g/mol. The SMILES string of the molecule is CCN1C(=O)CCC12CCCN(Cc1cnc(C)s1)CC2. The lowest BCUT2D eigenvalue weighted by atomic mass is 9.88. The van der Waals surface area contributed by atoms with Crippen LogP contribution in [0.15, 0.2) is 6.20 Å². The molecule has 1 spiro atoms. The van der Waals surface area contributed by atoms with Gasteiger partial charge in [-0.3, -0.25) is 9.69 Å². The van der Waals surface area contributed by atoms with Crippen LogP contribution in [-0.2, 0) is 11.3 Å². The third kappa shape index (κ3) is 2.99. The largest absolute Gasteiger partial charge is 0.337 e. The van der Waals surface area contributed by atoms with Crippen LogP contribution in [0.3, 0.4) is 0 Å². The van der Waals surface area contributed by atoms with Crippen molar-refractivity contribution < 1.29 is 4.79 Å². The van der Waals surface area contributed by atoms with Crippen molar-refractivity contribution in [3.05, 3.63) is 16.1 Å². The van der Waals surface area contributed by atoms with E-state index in [4.69, 9.17) is 0 Å². The van der Waals surface area contributed by atoms with E-state index in [2.05, 4.69) is 28.6 Å². The molecule has 0 aliphatic carbocycles. The molecule has 0 saturated carbocycles. The van der Waals surface area contributed by atoms with Crippen LogP contribution in [0.25, 0.3) is 0 Å². The van der Waals surface area contributed by atoms with Gasteiger partial charge in [-0.15, -0.1) is 11.3 Å². The summed E-state index contributed by atoms with van der Waals surface area (Å²) in [7, 11) is 0. The monoisotopic (exact) mass is 307 g/mol. The van der Waals surface area contributed by atoms with E-state index >= 15 is 0 Å². The van der Waals surface area contributed by atoms with Crippen molar-refractivity contribution in [1.29, 1.82) is 0 Å². The number of thiazole rings is 1. The van der Waals surface area contributed by atoms with E-state index in [9.17, 15) is 4.79 Å². The van der Waals surface area contributed by atoms with Gasteiger partial charge in [0.05, 0.1) is 5.01 Å². The summed E-state index contributed by atoms with van der Waals surface area (Å²) in [5.74, 6) is 0.365. The zero-order valence-electron chi connectivity index (χ0n) is 13.1. The van der Waals surface area contributed by atoms with Gasteiger partial charge in [-0.1, -0.05) is 0 Å². The van der Waals surface area contributed by atoms with Crippen molar-refractivity contribution in [3.63, 3.8) is 0 Å². The van der Waals surface area contributed by atoms with E-state index in [0.29, 0.717) is 5.91 Å². The summed E-state index contributed by atoms with van der Waals surface area (Å²) in [6.07, 6.45) is 7.32. The maximum absolute atomic E-state index is 12.1. The molecule has 1 unspecified atom stereocenters. The van der Waals surface area contributed by atoms with Crippen molar-refractivity contribution in [2.75, 3.05) is 19.6 Å². The highest BCUT2D eigenvalue weighted by Gasteiger charge is 2.44. The third-order valence-electron chi connectivity index (χ3n) is 5.05. The molecule has 1 atom stereocenters. The fourth-order valence-corrected chi connectivity index (χ4v) is 4.83. The molecule has 0 bridgehead atoms. The minimum atomic E-state index is 0.157. The van der Waals surface area contributed by atoms with Gasteiger partial charge < -0.3 is 4.90 Å². The number of nitrogens with zero attached hydrogens (tertiary/aromatic N) is 3. The van der Waals surface area contributed by atoms with E-state index in [1.807, 2.05) is 6.20 Å². The maximum atomic E-state index is 12.1. The van der Waals surface area contributed by atoms with Gasteiger partial charge >= 0.3 is 0 Å². The molecule has 2 fully saturated rings. The number of hydrogen-bond donors (Lipinski definition) is 0. The zero-order valence-corrected chi connectivity index (χ0v) is 13.9. The fourth-order valence-electron chi connectivity index (χ4n) is 4.00. The summed E-state index contributed by atoms with van der Waals surface area (Å²) in [4.78, 5) is 22.5. The first-order chi connectivity index (χ1) is 10.1. The Hall–Kier alpha value is -0.940. The lowest BCUT2D eigenvalue weighted by molar-refractivity contribution is -0.131. The average Bonchev–Trinajstić information content (AvgIpc) is 2.92. The summed E-state index contributed by atoms with van der Waals surface area (Å²) in [6.45, 7) is 8.31. The molecule has 0 aromatic carbocycles. The van der Waals surface area contributed by atoms with Crippen LogP contribution in [0.2, 0.25) is 0 Å². The van der Waals surface area contributed by atoms with Crippen LogP contribution < -0.4 is 0 Å². The normalized spacial score (nSPS) is 27.5. The Morgan fingerprint density at radius 3 is 2.90 bits per heavy atom. The molecule has 0 radical (unpaired) electrons. The number of rotatable bonds is 3. The van der Waals surface area contributed by atoms with Crippen molar-refractivity contribution in [1.82, 2.24) is 14.8 Å². The Morgan fingerprint density at radius 1 is 1.33 bits per heavy atom. The van der Waals surface area contributed by atoms with Crippen LogP contribution in [0.4, 0.5) is 0 Å². The maximum Gasteiger partial charge on any atom is 0.223 e. The highest BCUT2D eigenvalue weighted by Crippen LogP contribution is 2.39. The van der Waals surface area contributed by atoms with Crippen LogP contribution in [-0.4, -0.2) is 45.9 Å². The van der Waals surface area contributed by atoms with Gasteiger partial charge in [0.25, 0.3) is 0 Å². The van der Waals surface area contributed by atoms with E-state index in [1.54, 1.807) is 11.3 Å². The van der Waals surface area contributed by atoms with Gasteiger partial charge in [-0.2, -0.15) is 0 Å². The first kappa shape index (κ1) is 15.0. The third-order valence-corrected chi connectivity index (χ3v) is 5.95. The van der Waals surface area contributed by atoms with E-state index in [-0.39, 0.29) is 5.54 Å². The minimum Gasteiger partial charge on any atom is -0.337 e. The van der Waals surface area contributed by atoms with Gasteiger partial charge in [0, 0.05) is 42.7 Å². The molecule has 5 heteroatoms. The number of aryl methyl sites for hydroxylation is 1. The van der Waals surface area contributed by atoms with Crippen molar-refractivity contribution in [2.45, 2.75) is 58.0 Å². The number of carbonyl (C=O) groups excluding carboxylic acids is 1. The summed E-state index contributed by atoms with van der Waals surface area (Å²) in [6, 6.07) is 0. The summed E-state index contributed by atoms with van der Waals surface area (Å²) < 4.78 is 0. The van der Waals surface area contributed by atoms with Crippen molar-refractivity contribution in [2.24, 2.45) is 0 Å². The van der Waals surface area contributed by atoms with Crippen LogP contribution in [0.5, 0.6) is 0 Å². The fraction of sp³-hybridized carbons (Fsp3) is 0.750. The van der Waals surface area contributed by atoms with Crippen molar-refractivity contribution in [3.8, 4) is 0 Å². The summed E-state index contributed by atoms with van der Waals surface area (Å²) in [5.41, 5.74) is 0.157. The number of hydrogen-bond acceptors (Lipinski definition) is 4. The highest BCUT2D eigenvalue weighted by molar-refractivity contribution is 7.11. The topological polar surface area (TPSA) is 36.4 Å². The Balaban J connectivity index is 1.65. The predicted molar refractivity (Wildman–Crippen MR) is 85.3 cm³/mol. The van der Waals surface area contributed by atoms with Gasteiger partial charge in [0.15, 0.2) is 0 Å². The molecule has 21 heavy (non-hydrogen) atoms. The van der Waals surface area contributed by atoms with E-state index < -0.39 is 0 Å². The predicted octanol–water partition coefficient (Wildman–Crippen LogP) is 2.82. The van der Waals surface area contributed by atoms with Gasteiger partial charge in [-0.05, 0) is 46.1 Å². The smallest absolute Gasteiger partial charge is 0.223 e. The van der Waals surface area contributed by atoms with Crippen LogP contribution >= 0.6 is 11.3 Å². The first-order valence-electron chi connectivity index (χ1n) is 8.07. The molecule has 4 nitrogen and oxygen atoms in total. The Bertz CT molecular complexity index is 515. The molecule has 2 aliphatic heterocycles. The summed E-state index contributed by atoms with van der Waals surface area (Å²) >= 11 is 1.80. The quantitative estimate of drug-likeness (QED) is 0.861. The Morgan fingerprint density at radius 2 is 2.19 bits per heavy atom. The highest BCUT2D eigenvalue weighted by atomic mass is 32.1. The average molecular weight is 307 g/mol. The summed E-state index contributed by atoms with van der Waals surface area (Å²) in [5, 5.41) is 1.15. The number of likely N-dealkylation sites (tertiary alicyclic amines) is 2. The van der Waals surface area contributed by atoms with Gasteiger partial charge in [0.2, 0.25) is 5.91 Å². The number of amides is 1. The van der Waals surface area contributed by atoms with Crippen molar-refractivity contribution >= 4 is 17.2 Å². The molecule has 2 saturated heterocycles. The Kier molecular flexibility index (Phi) is 4.31. The second-order valence-corrected chi connectivity index (χ2v) is 7.66. The molecule has 3 rings (SSSR count). The minimum absolute atomic E-state index is 0.157. The van der Waals surface area contributed by atoms with Crippen LogP contribution in [0, 0.1) is 6.92 Å². The number of carbonyl (C=O) groups is 1. The molecule has 1 aromatic heterocycles. The molecule has 3 heterocycles. The van der Waals surface area contributed by atoms with E-state index in [0.717, 1.165) is 50.4 Å². The zero-order chi connectivity index (χ0) is 14.9. The lowest BCUT2D eigenvalue weighted by Gasteiger charge is -2.37. The molecule has 116 valence electrons. The van der Waals surface area contributed by atoms with Gasteiger partial charge in [-0.25, -0.2) is 4.98 Å². The Labute approximate surface area is 131 Å². The van der Waals surface area contributed by atoms with E-state index in [1.165, 1.54) is 17.7 Å². The standard InChI is InChI=1S/C16H25N3OS/c1-3-19-15(20)5-7-16(19)6-4-9-18(10-8-16)12-14-11-17-13(2)21-14/h11H,3-10,12H2,1-2H3. The van der Waals surface area contributed by atoms with Gasteiger partial charge in [0.1, 0.15) is 0 Å². The molecule has 0 N–H and O–H groups in total. The molecule has 1 aromatic rings. The molecule has 1 amide bonds. The lowest BCUT2D eigenvalue weighted by Crippen LogP contribution is -2.46. The van der Waals surface area contributed by atoms with Crippen LogP contribution in [0.1, 0.15) is 48.9 Å². The number of aromatic nitrogens is 1. The second kappa shape index (κ2) is 6.05. The molecule has 2 aliphatic rings. The second-order valence-electron chi connectivity index (χ2n) is 6.34.